The molecule has 1 aliphatic rings. The maximum atomic E-state index is 12.5. The molecule has 1 heterocycles. The minimum absolute atomic E-state index is 0.0665. The molecular formula is C14H27NO. The van der Waals surface area contributed by atoms with Gasteiger partial charge in [-0.25, -0.2) is 0 Å². The Morgan fingerprint density at radius 2 is 1.88 bits per heavy atom. The highest BCUT2D eigenvalue weighted by Gasteiger charge is 2.37. The number of nitrogens with zero attached hydrogens (tertiary/aromatic N) is 1. The van der Waals surface area contributed by atoms with Crippen LogP contribution in [-0.4, -0.2) is 23.9 Å². The van der Waals surface area contributed by atoms with Gasteiger partial charge in [-0.05, 0) is 23.7 Å². The fraction of sp³-hybridized carbons (Fsp3) is 0.929. The van der Waals surface area contributed by atoms with Crippen molar-refractivity contribution in [1.29, 1.82) is 0 Å². The van der Waals surface area contributed by atoms with Crippen LogP contribution < -0.4 is 0 Å². The molecule has 2 heteroatoms. The van der Waals surface area contributed by atoms with Gasteiger partial charge in [-0.1, -0.05) is 41.5 Å². The van der Waals surface area contributed by atoms with Crippen LogP contribution in [0.25, 0.3) is 0 Å². The van der Waals surface area contributed by atoms with Gasteiger partial charge in [0.15, 0.2) is 0 Å². The van der Waals surface area contributed by atoms with E-state index in [2.05, 4.69) is 46.4 Å². The lowest BCUT2D eigenvalue weighted by Crippen LogP contribution is -2.42. The van der Waals surface area contributed by atoms with Gasteiger partial charge in [-0.2, -0.15) is 0 Å². The summed E-state index contributed by atoms with van der Waals surface area (Å²) in [5.74, 6) is 1.62. The van der Waals surface area contributed by atoms with Crippen molar-refractivity contribution < 1.29 is 4.79 Å². The Morgan fingerprint density at radius 1 is 1.31 bits per heavy atom. The molecule has 0 N–H and O–H groups in total. The molecule has 1 fully saturated rings. The number of amides is 1. The van der Waals surface area contributed by atoms with Crippen molar-refractivity contribution >= 4 is 5.91 Å². The zero-order chi connectivity index (χ0) is 12.5. The summed E-state index contributed by atoms with van der Waals surface area (Å²) in [6, 6.07) is 0. The molecule has 94 valence electrons. The molecule has 2 atom stereocenters. The number of likely N-dealkylation sites (tertiary alicyclic amines) is 1. The molecule has 0 aromatic rings. The molecule has 0 bridgehead atoms. The minimum atomic E-state index is 0.0665. The second-order valence-corrected chi connectivity index (χ2v) is 6.77. The van der Waals surface area contributed by atoms with E-state index in [4.69, 9.17) is 0 Å². The van der Waals surface area contributed by atoms with Gasteiger partial charge in [0, 0.05) is 19.0 Å². The SMILES string of the molecule is CC1CCN(C(=O)C(C(C)C)C(C)(C)C)C1. The van der Waals surface area contributed by atoms with Crippen LogP contribution in [-0.2, 0) is 4.79 Å². The average Bonchev–Trinajstić information content (AvgIpc) is 2.48. The predicted molar refractivity (Wildman–Crippen MR) is 68.1 cm³/mol. The molecule has 0 aliphatic carbocycles. The molecule has 0 aromatic carbocycles. The molecule has 16 heavy (non-hydrogen) atoms. The zero-order valence-electron chi connectivity index (χ0n) is 11.7. The van der Waals surface area contributed by atoms with Gasteiger partial charge < -0.3 is 4.90 Å². The van der Waals surface area contributed by atoms with E-state index >= 15 is 0 Å². The van der Waals surface area contributed by atoms with Gasteiger partial charge in [0.05, 0.1) is 0 Å². The maximum absolute atomic E-state index is 12.5. The summed E-state index contributed by atoms with van der Waals surface area (Å²) in [5.41, 5.74) is 0.0665. The Hall–Kier alpha value is -0.530. The van der Waals surface area contributed by atoms with Crippen LogP contribution in [0.5, 0.6) is 0 Å². The summed E-state index contributed by atoms with van der Waals surface area (Å²) in [5, 5.41) is 0. The fourth-order valence-corrected chi connectivity index (χ4v) is 2.99. The van der Waals surface area contributed by atoms with Crippen molar-refractivity contribution in [3.63, 3.8) is 0 Å². The molecule has 2 unspecified atom stereocenters. The summed E-state index contributed by atoms with van der Waals surface area (Å²) >= 11 is 0. The smallest absolute Gasteiger partial charge is 0.226 e. The molecule has 1 saturated heterocycles. The van der Waals surface area contributed by atoms with Crippen molar-refractivity contribution in [3.8, 4) is 0 Å². The van der Waals surface area contributed by atoms with E-state index in [1.165, 1.54) is 6.42 Å². The van der Waals surface area contributed by atoms with Gasteiger partial charge in [-0.15, -0.1) is 0 Å². The predicted octanol–water partition coefficient (Wildman–Crippen LogP) is 3.17. The Balaban J connectivity index is 2.76. The highest BCUT2D eigenvalue weighted by Crippen LogP contribution is 2.34. The lowest BCUT2D eigenvalue weighted by molar-refractivity contribution is -0.140. The third-order valence-electron chi connectivity index (χ3n) is 3.60. The van der Waals surface area contributed by atoms with Crippen molar-refractivity contribution in [1.82, 2.24) is 4.90 Å². The average molecular weight is 225 g/mol. The van der Waals surface area contributed by atoms with Crippen LogP contribution in [0.1, 0.15) is 48.0 Å². The second-order valence-electron chi connectivity index (χ2n) is 6.77. The number of hydrogen-bond acceptors (Lipinski definition) is 1. The summed E-state index contributed by atoms with van der Waals surface area (Å²) in [6.45, 7) is 15.0. The van der Waals surface area contributed by atoms with Crippen LogP contribution >= 0.6 is 0 Å². The van der Waals surface area contributed by atoms with Crippen molar-refractivity contribution in [3.05, 3.63) is 0 Å². The molecule has 0 radical (unpaired) electrons. The first-order chi connectivity index (χ1) is 7.23. The Morgan fingerprint density at radius 3 is 2.19 bits per heavy atom. The Bertz CT molecular complexity index is 252. The highest BCUT2D eigenvalue weighted by atomic mass is 16.2. The van der Waals surface area contributed by atoms with Crippen LogP contribution in [0.3, 0.4) is 0 Å². The first-order valence-electron chi connectivity index (χ1n) is 6.52. The van der Waals surface area contributed by atoms with Crippen LogP contribution in [0.2, 0.25) is 0 Å². The molecule has 1 amide bonds. The lowest BCUT2D eigenvalue weighted by Gasteiger charge is -2.35. The summed E-state index contributed by atoms with van der Waals surface area (Å²) in [6.07, 6.45) is 1.17. The molecule has 1 aliphatic heterocycles. The summed E-state index contributed by atoms with van der Waals surface area (Å²) < 4.78 is 0. The lowest BCUT2D eigenvalue weighted by atomic mass is 9.73. The molecule has 1 rings (SSSR count). The zero-order valence-corrected chi connectivity index (χ0v) is 11.7. The van der Waals surface area contributed by atoms with E-state index in [1.807, 2.05) is 0 Å². The van der Waals surface area contributed by atoms with Gasteiger partial charge in [0.25, 0.3) is 0 Å². The first kappa shape index (κ1) is 13.5. The maximum Gasteiger partial charge on any atom is 0.226 e. The number of carbonyl (C=O) groups is 1. The standard InChI is InChI=1S/C14H27NO/c1-10(2)12(14(4,5)6)13(16)15-8-7-11(3)9-15/h10-12H,7-9H2,1-6H3. The topological polar surface area (TPSA) is 20.3 Å². The molecule has 2 nitrogen and oxygen atoms in total. The number of rotatable bonds is 2. The summed E-state index contributed by atoms with van der Waals surface area (Å²) in [7, 11) is 0. The van der Waals surface area contributed by atoms with Crippen LogP contribution in [0.15, 0.2) is 0 Å². The third kappa shape index (κ3) is 2.99. The molecule has 0 spiro atoms. The van der Waals surface area contributed by atoms with Crippen LogP contribution in [0, 0.1) is 23.2 Å². The van der Waals surface area contributed by atoms with E-state index in [-0.39, 0.29) is 11.3 Å². The van der Waals surface area contributed by atoms with Crippen molar-refractivity contribution in [2.75, 3.05) is 13.1 Å². The van der Waals surface area contributed by atoms with E-state index < -0.39 is 0 Å². The van der Waals surface area contributed by atoms with Crippen LogP contribution in [0.4, 0.5) is 0 Å². The molecule has 0 saturated carbocycles. The van der Waals surface area contributed by atoms with Gasteiger partial charge in [0.2, 0.25) is 5.91 Å². The Kier molecular flexibility index (Phi) is 4.03. The quantitative estimate of drug-likeness (QED) is 0.707. The first-order valence-corrected chi connectivity index (χ1v) is 6.52. The Labute approximate surface area is 100 Å². The van der Waals surface area contributed by atoms with E-state index in [9.17, 15) is 4.79 Å². The van der Waals surface area contributed by atoms with E-state index in [0.29, 0.717) is 17.7 Å². The minimum Gasteiger partial charge on any atom is -0.342 e. The summed E-state index contributed by atoms with van der Waals surface area (Å²) in [4.78, 5) is 14.6. The number of hydrogen-bond donors (Lipinski definition) is 0. The molecule has 0 aromatic heterocycles. The van der Waals surface area contributed by atoms with E-state index in [0.717, 1.165) is 13.1 Å². The van der Waals surface area contributed by atoms with Gasteiger partial charge in [-0.3, -0.25) is 4.79 Å². The monoisotopic (exact) mass is 225 g/mol. The second kappa shape index (κ2) is 4.77. The fourth-order valence-electron chi connectivity index (χ4n) is 2.99. The number of carbonyl (C=O) groups excluding carboxylic acids is 1. The van der Waals surface area contributed by atoms with Crippen molar-refractivity contribution in [2.24, 2.45) is 23.2 Å². The van der Waals surface area contributed by atoms with Gasteiger partial charge in [0.1, 0.15) is 0 Å². The van der Waals surface area contributed by atoms with E-state index in [1.54, 1.807) is 0 Å². The largest absolute Gasteiger partial charge is 0.342 e. The molecular weight excluding hydrogens is 198 g/mol. The normalized spacial score (nSPS) is 23.9. The van der Waals surface area contributed by atoms with Crippen molar-refractivity contribution in [2.45, 2.75) is 48.0 Å². The third-order valence-corrected chi connectivity index (χ3v) is 3.60. The van der Waals surface area contributed by atoms with Gasteiger partial charge >= 0.3 is 0 Å². The highest BCUT2D eigenvalue weighted by molar-refractivity contribution is 5.80.